The van der Waals surface area contributed by atoms with Crippen LogP contribution in [0.15, 0.2) is 147 Å². The normalized spacial score (nSPS) is 11.2. The third kappa shape index (κ3) is 10.1. The lowest BCUT2D eigenvalue weighted by Crippen LogP contribution is -2.08. The molecule has 0 radical (unpaired) electrons. The van der Waals surface area contributed by atoms with Gasteiger partial charge in [0.05, 0.1) is 46.2 Å². The fourth-order valence-electron chi connectivity index (χ4n) is 8.83. The summed E-state index contributed by atoms with van der Waals surface area (Å²) in [7, 11) is 3.85. The van der Waals surface area contributed by atoms with Crippen LogP contribution in [0.5, 0.6) is 0 Å². The molecule has 12 rings (SSSR count). The highest BCUT2D eigenvalue weighted by Crippen LogP contribution is 2.37. The number of allylic oxidation sites excluding steroid dienone is 1. The molecule has 18 heteroatoms. The Morgan fingerprint density at radius 2 is 1.04 bits per heavy atom. The average Bonchev–Trinajstić information content (AvgIpc) is 4.27. The summed E-state index contributed by atoms with van der Waals surface area (Å²) < 4.78 is 57.2. The van der Waals surface area contributed by atoms with Gasteiger partial charge in [-0.2, -0.15) is 10.2 Å². The maximum atomic E-state index is 15.2. The molecule has 0 fully saturated rings. The lowest BCUT2D eigenvalue weighted by molar-refractivity contribution is 0.627. The van der Waals surface area contributed by atoms with Crippen LogP contribution in [-0.4, -0.2) is 74.4 Å². The van der Waals surface area contributed by atoms with E-state index in [2.05, 4.69) is 76.0 Å². The van der Waals surface area contributed by atoms with Crippen LogP contribution >= 0.6 is 0 Å². The van der Waals surface area contributed by atoms with Crippen LogP contribution in [0.2, 0.25) is 0 Å². The Hall–Kier alpha value is -9.58. The number of pyridine rings is 4. The van der Waals surface area contributed by atoms with E-state index < -0.39 is 11.6 Å². The van der Waals surface area contributed by atoms with Gasteiger partial charge in [0.2, 0.25) is 0 Å². The van der Waals surface area contributed by atoms with Gasteiger partial charge in [-0.3, -0.25) is 30.1 Å². The van der Waals surface area contributed by atoms with E-state index in [1.54, 1.807) is 67.5 Å². The van der Waals surface area contributed by atoms with Crippen molar-refractivity contribution in [3.8, 4) is 67.8 Å². The van der Waals surface area contributed by atoms with Gasteiger partial charge in [-0.1, -0.05) is 34.3 Å². The van der Waals surface area contributed by atoms with Crippen molar-refractivity contribution < 1.29 is 17.6 Å². The lowest BCUT2D eigenvalue weighted by Gasteiger charge is -2.13. The SMILES string of the molecule is C=C(CC(C)C)Nc1cncc(-c2cc(F)c3n[nH]c(-c4nc5c(-c6ccc(F)cc6)nccc5[nH]4)c3c2)c1.CC.CN(C)c1cncc(-c2cc(F)c3n[nH]c(-c4nc5c(-c6ccc(F)cc6)nccc5[nH]4)c3c2)c1. The molecule has 380 valence electrons. The van der Waals surface area contributed by atoms with E-state index in [1.807, 2.05) is 63.2 Å². The van der Waals surface area contributed by atoms with E-state index in [1.165, 1.54) is 36.4 Å². The van der Waals surface area contributed by atoms with Gasteiger partial charge in [0.1, 0.15) is 45.1 Å². The summed E-state index contributed by atoms with van der Waals surface area (Å²) in [6, 6.07) is 26.3. The smallest absolute Gasteiger partial charge is 0.157 e. The van der Waals surface area contributed by atoms with Crippen LogP contribution < -0.4 is 10.2 Å². The molecule has 0 unspecified atom stereocenters. The number of imidazole rings is 2. The van der Waals surface area contributed by atoms with Crippen molar-refractivity contribution in [1.82, 2.24) is 60.3 Å². The predicted molar refractivity (Wildman–Crippen MR) is 293 cm³/mol. The van der Waals surface area contributed by atoms with Crippen LogP contribution in [-0.2, 0) is 0 Å². The summed E-state index contributed by atoms with van der Waals surface area (Å²) in [5, 5.41) is 18.7. The molecule has 8 aromatic heterocycles. The highest BCUT2D eigenvalue weighted by Gasteiger charge is 2.21. The topological polar surface area (TPSA) is 182 Å². The van der Waals surface area contributed by atoms with Crippen molar-refractivity contribution in [2.45, 2.75) is 34.1 Å². The molecule has 0 bridgehead atoms. The minimum absolute atomic E-state index is 0.207. The summed E-state index contributed by atoms with van der Waals surface area (Å²) >= 11 is 0. The Morgan fingerprint density at radius 3 is 1.51 bits per heavy atom. The number of aromatic amines is 4. The first kappa shape index (κ1) is 50.0. The Morgan fingerprint density at radius 1 is 0.566 bits per heavy atom. The quantitative estimate of drug-likeness (QED) is 0.0782. The molecule has 0 saturated heterocycles. The molecule has 0 atom stereocenters. The molecule has 8 heterocycles. The zero-order valence-corrected chi connectivity index (χ0v) is 42.2. The third-order valence-corrected chi connectivity index (χ3v) is 12.4. The van der Waals surface area contributed by atoms with E-state index in [-0.39, 0.29) is 22.7 Å². The average molecular weight is 1020 g/mol. The molecule has 12 aromatic rings. The molecule has 0 aliphatic carbocycles. The predicted octanol–water partition coefficient (Wildman–Crippen LogP) is 14.1. The van der Waals surface area contributed by atoms with Gasteiger partial charge >= 0.3 is 0 Å². The molecular weight excluding hydrogens is 969 g/mol. The fourth-order valence-corrected chi connectivity index (χ4v) is 8.83. The lowest BCUT2D eigenvalue weighted by atomic mass is 10.0. The zero-order valence-electron chi connectivity index (χ0n) is 42.2. The molecule has 0 spiro atoms. The number of fused-ring (bicyclic) bond motifs is 4. The van der Waals surface area contributed by atoms with Gasteiger partial charge in [0.25, 0.3) is 0 Å². The van der Waals surface area contributed by atoms with Crippen molar-refractivity contribution >= 4 is 55.2 Å². The number of aromatic nitrogens is 12. The molecule has 0 saturated carbocycles. The number of anilines is 2. The monoisotopic (exact) mass is 1020 g/mol. The van der Waals surface area contributed by atoms with Crippen molar-refractivity contribution in [1.29, 1.82) is 0 Å². The van der Waals surface area contributed by atoms with Crippen molar-refractivity contribution in [2.75, 3.05) is 24.3 Å². The first-order valence-electron chi connectivity index (χ1n) is 24.4. The van der Waals surface area contributed by atoms with Crippen molar-refractivity contribution in [3.63, 3.8) is 0 Å². The van der Waals surface area contributed by atoms with Crippen LogP contribution in [0.1, 0.15) is 34.1 Å². The van der Waals surface area contributed by atoms with E-state index in [0.29, 0.717) is 73.3 Å². The molecular formula is C58H50F4N14. The molecule has 4 aromatic carbocycles. The van der Waals surface area contributed by atoms with Crippen LogP contribution in [0.25, 0.3) is 112 Å². The van der Waals surface area contributed by atoms with E-state index in [4.69, 9.17) is 9.97 Å². The number of hydrogen-bond donors (Lipinski definition) is 5. The number of hydrogen-bond acceptors (Lipinski definition) is 10. The minimum atomic E-state index is -0.461. The zero-order chi connectivity index (χ0) is 53.2. The summed E-state index contributed by atoms with van der Waals surface area (Å²) in [6.07, 6.45) is 11.0. The molecule has 0 amide bonds. The first-order valence-corrected chi connectivity index (χ1v) is 24.4. The van der Waals surface area contributed by atoms with Crippen molar-refractivity contribution in [3.05, 3.63) is 170 Å². The second-order valence-electron chi connectivity index (χ2n) is 18.3. The maximum Gasteiger partial charge on any atom is 0.157 e. The van der Waals surface area contributed by atoms with Gasteiger partial charge in [0, 0.05) is 77.6 Å². The van der Waals surface area contributed by atoms with Crippen molar-refractivity contribution in [2.24, 2.45) is 5.92 Å². The van der Waals surface area contributed by atoms with Gasteiger partial charge in [-0.15, -0.1) is 0 Å². The number of nitrogens with one attached hydrogen (secondary N) is 5. The molecule has 14 nitrogen and oxygen atoms in total. The Balaban J connectivity index is 0.000000168. The summed E-state index contributed by atoms with van der Waals surface area (Å²) in [5.74, 6) is -0.103. The minimum Gasteiger partial charge on any atom is -0.376 e. The van der Waals surface area contributed by atoms with Crippen LogP contribution in [0.4, 0.5) is 28.9 Å². The van der Waals surface area contributed by atoms with E-state index in [0.717, 1.165) is 56.8 Å². The van der Waals surface area contributed by atoms with Crippen LogP contribution in [0.3, 0.4) is 0 Å². The van der Waals surface area contributed by atoms with Gasteiger partial charge in [-0.25, -0.2) is 27.5 Å². The Kier molecular flexibility index (Phi) is 13.9. The second kappa shape index (κ2) is 21.1. The van der Waals surface area contributed by atoms with E-state index >= 15 is 8.78 Å². The number of nitrogens with zero attached hydrogens (tertiary/aromatic N) is 9. The highest BCUT2D eigenvalue weighted by molar-refractivity contribution is 5.99. The van der Waals surface area contributed by atoms with Gasteiger partial charge in [-0.05, 0) is 121 Å². The number of halogens is 4. The molecule has 0 aliphatic heterocycles. The molecule has 0 aliphatic rings. The largest absolute Gasteiger partial charge is 0.376 e. The first-order chi connectivity index (χ1) is 36.8. The summed E-state index contributed by atoms with van der Waals surface area (Å²) in [6.45, 7) is 12.3. The molecule has 5 N–H and O–H groups in total. The Labute approximate surface area is 433 Å². The Bertz CT molecular complexity index is 4060. The second-order valence-corrected chi connectivity index (χ2v) is 18.3. The molecule has 76 heavy (non-hydrogen) atoms. The maximum absolute atomic E-state index is 15.2. The van der Waals surface area contributed by atoms with Crippen LogP contribution in [0, 0.1) is 29.2 Å². The highest BCUT2D eigenvalue weighted by atomic mass is 19.1. The van der Waals surface area contributed by atoms with Gasteiger partial charge in [0.15, 0.2) is 23.3 Å². The number of benzene rings is 4. The third-order valence-electron chi connectivity index (χ3n) is 12.4. The summed E-state index contributed by atoms with van der Waals surface area (Å²) in [5.41, 5.74) is 12.4. The fraction of sp³-hybridized carbons (Fsp3) is 0.138. The standard InChI is InChI=1S/C30H25F2N7.C26H19F2N7.C2H6/c1-16(2)10-17(3)35-22-11-20(14-33-15-22)19-12-23-27(24(32)13-19)38-39-28(23)30-36-25-8-9-34-26(29(25)37-30)18-4-6-21(31)7-5-18;1-35(2)18-9-16(12-29-13-18)15-10-19-23(20(28)11-15)33-34-24(19)26-31-21-7-8-30-22(25(21)32-26)14-3-5-17(27)6-4-14;1-2/h4-9,11-16,35H,3,10H2,1-2H3,(H,36,37)(H,38,39);3-13H,1-2H3,(H,31,32)(H,33,34);1-2H3. The van der Waals surface area contributed by atoms with Gasteiger partial charge < -0.3 is 20.2 Å². The number of H-pyrrole nitrogens is 4. The van der Waals surface area contributed by atoms with E-state index in [9.17, 15) is 8.78 Å². The summed E-state index contributed by atoms with van der Waals surface area (Å²) in [4.78, 5) is 35.6. The number of rotatable bonds is 11.